The maximum absolute atomic E-state index is 12.9. The molecule has 2 aromatic carbocycles. The van der Waals surface area contributed by atoms with Crippen molar-refractivity contribution in [3.8, 4) is 16.3 Å². The van der Waals surface area contributed by atoms with Crippen molar-refractivity contribution in [2.75, 3.05) is 6.61 Å². The molecule has 0 spiro atoms. The van der Waals surface area contributed by atoms with Crippen LogP contribution in [0, 0.1) is 6.92 Å². The zero-order chi connectivity index (χ0) is 19.8. The average Bonchev–Trinajstić information content (AvgIpc) is 3.17. The number of benzene rings is 2. The summed E-state index contributed by atoms with van der Waals surface area (Å²) in [5.41, 5.74) is 4.53. The predicted octanol–water partition coefficient (Wildman–Crippen LogP) is 4.92. The maximum atomic E-state index is 12.9. The normalized spacial score (nSPS) is 15.6. The van der Waals surface area contributed by atoms with E-state index in [2.05, 4.69) is 10.3 Å². The van der Waals surface area contributed by atoms with Gasteiger partial charge in [-0.3, -0.25) is 9.78 Å². The van der Waals surface area contributed by atoms with Crippen LogP contribution in [0.2, 0.25) is 0 Å². The number of rotatable bonds is 3. The number of thiazole rings is 1. The molecule has 0 fully saturated rings. The van der Waals surface area contributed by atoms with Crippen LogP contribution in [0.5, 0.6) is 5.75 Å². The Kier molecular flexibility index (Phi) is 4.48. The van der Waals surface area contributed by atoms with Crippen molar-refractivity contribution in [2.24, 2.45) is 0 Å². The molecule has 3 heterocycles. The summed E-state index contributed by atoms with van der Waals surface area (Å²) in [6.07, 6.45) is 2.54. The van der Waals surface area contributed by atoms with Gasteiger partial charge in [0.05, 0.1) is 22.9 Å². The fourth-order valence-electron chi connectivity index (χ4n) is 3.62. The quantitative estimate of drug-likeness (QED) is 0.529. The Labute approximate surface area is 172 Å². The molecule has 0 unspecified atom stereocenters. The highest BCUT2D eigenvalue weighted by molar-refractivity contribution is 7.21. The number of hydrogen-bond donors (Lipinski definition) is 1. The third-order valence-electron chi connectivity index (χ3n) is 5.15. The molecule has 5 nitrogen and oxygen atoms in total. The SMILES string of the molecule is Cc1ncccc1-c1nc2ccc(C(=O)N[C@H]3CCOc4ccccc43)cc2s1. The minimum absolute atomic E-state index is 0.0433. The van der Waals surface area contributed by atoms with Crippen molar-refractivity contribution in [1.29, 1.82) is 0 Å². The van der Waals surface area contributed by atoms with E-state index in [0.717, 1.165) is 44.2 Å². The van der Waals surface area contributed by atoms with Crippen LogP contribution < -0.4 is 10.1 Å². The number of amides is 1. The Bertz CT molecular complexity index is 1220. The summed E-state index contributed by atoms with van der Waals surface area (Å²) < 4.78 is 6.68. The molecule has 0 saturated carbocycles. The smallest absolute Gasteiger partial charge is 0.251 e. The summed E-state index contributed by atoms with van der Waals surface area (Å²) in [4.78, 5) is 22.0. The first kappa shape index (κ1) is 17.8. The van der Waals surface area contributed by atoms with Crippen molar-refractivity contribution in [3.05, 3.63) is 77.6 Å². The lowest BCUT2D eigenvalue weighted by Gasteiger charge is -2.26. The van der Waals surface area contributed by atoms with E-state index < -0.39 is 0 Å². The van der Waals surface area contributed by atoms with Gasteiger partial charge in [-0.2, -0.15) is 0 Å². The van der Waals surface area contributed by atoms with Crippen LogP contribution in [0.1, 0.15) is 34.1 Å². The minimum atomic E-state index is -0.0823. The maximum Gasteiger partial charge on any atom is 0.251 e. The third-order valence-corrected chi connectivity index (χ3v) is 6.20. The molecule has 0 aliphatic carbocycles. The summed E-state index contributed by atoms with van der Waals surface area (Å²) in [5, 5.41) is 4.08. The fourth-order valence-corrected chi connectivity index (χ4v) is 4.71. The number of carbonyl (C=O) groups is 1. The monoisotopic (exact) mass is 401 g/mol. The topological polar surface area (TPSA) is 64.1 Å². The number of nitrogens with zero attached hydrogens (tertiary/aromatic N) is 2. The number of aromatic nitrogens is 2. The highest BCUT2D eigenvalue weighted by Crippen LogP contribution is 2.33. The molecule has 5 rings (SSSR count). The number of carbonyl (C=O) groups excluding carboxylic acids is 1. The molecule has 6 heteroatoms. The van der Waals surface area contributed by atoms with E-state index in [1.54, 1.807) is 17.5 Å². The van der Waals surface area contributed by atoms with Gasteiger partial charge >= 0.3 is 0 Å². The third kappa shape index (κ3) is 3.36. The van der Waals surface area contributed by atoms with Gasteiger partial charge in [0, 0.05) is 35.0 Å². The average molecular weight is 401 g/mol. The van der Waals surface area contributed by atoms with Gasteiger partial charge in [0.2, 0.25) is 0 Å². The summed E-state index contributed by atoms with van der Waals surface area (Å²) in [6.45, 7) is 2.58. The van der Waals surface area contributed by atoms with Crippen molar-refractivity contribution in [1.82, 2.24) is 15.3 Å². The van der Waals surface area contributed by atoms with E-state index >= 15 is 0 Å². The van der Waals surface area contributed by atoms with E-state index in [1.807, 2.05) is 61.5 Å². The Morgan fingerprint density at radius 3 is 2.97 bits per heavy atom. The second-order valence-electron chi connectivity index (χ2n) is 7.04. The molecular formula is C23H19N3O2S. The Hall–Kier alpha value is -3.25. The number of pyridine rings is 1. The molecule has 144 valence electrons. The van der Waals surface area contributed by atoms with Gasteiger partial charge in [-0.1, -0.05) is 18.2 Å². The lowest BCUT2D eigenvalue weighted by atomic mass is 10.00. The first-order chi connectivity index (χ1) is 14.2. The van der Waals surface area contributed by atoms with Gasteiger partial charge in [0.1, 0.15) is 10.8 Å². The largest absolute Gasteiger partial charge is 0.493 e. The van der Waals surface area contributed by atoms with Gasteiger partial charge in [-0.05, 0) is 43.3 Å². The number of para-hydroxylation sites is 1. The standard InChI is InChI=1S/C23H19N3O2S/c1-14-16(6-4-11-24-14)23-26-19-9-8-15(13-21(19)29-23)22(27)25-18-10-12-28-20-7-3-2-5-17(18)20/h2-9,11,13,18H,10,12H2,1H3,(H,25,27)/t18-/m0/s1. The van der Waals surface area contributed by atoms with Crippen molar-refractivity contribution < 1.29 is 9.53 Å². The molecular weight excluding hydrogens is 382 g/mol. The van der Waals surface area contributed by atoms with Crippen molar-refractivity contribution in [2.45, 2.75) is 19.4 Å². The van der Waals surface area contributed by atoms with Crippen LogP contribution in [-0.2, 0) is 0 Å². The van der Waals surface area contributed by atoms with Crippen LogP contribution in [0.4, 0.5) is 0 Å². The molecule has 0 radical (unpaired) electrons. The molecule has 0 bridgehead atoms. The molecule has 1 aliphatic rings. The van der Waals surface area contributed by atoms with Crippen LogP contribution in [0.3, 0.4) is 0 Å². The van der Waals surface area contributed by atoms with Gasteiger partial charge in [-0.25, -0.2) is 4.98 Å². The molecule has 2 aromatic heterocycles. The molecule has 1 aliphatic heterocycles. The highest BCUT2D eigenvalue weighted by Gasteiger charge is 2.23. The molecule has 1 amide bonds. The summed E-state index contributed by atoms with van der Waals surface area (Å²) in [6, 6.07) is 17.4. The van der Waals surface area contributed by atoms with Crippen LogP contribution in [0.25, 0.3) is 20.8 Å². The number of aryl methyl sites for hydroxylation is 1. The van der Waals surface area contributed by atoms with Crippen LogP contribution in [-0.4, -0.2) is 22.5 Å². The van der Waals surface area contributed by atoms with E-state index in [4.69, 9.17) is 9.72 Å². The van der Waals surface area contributed by atoms with Gasteiger partial charge in [0.15, 0.2) is 0 Å². The van der Waals surface area contributed by atoms with Crippen LogP contribution in [0.15, 0.2) is 60.8 Å². The minimum Gasteiger partial charge on any atom is -0.493 e. The Morgan fingerprint density at radius 2 is 2.07 bits per heavy atom. The zero-order valence-electron chi connectivity index (χ0n) is 15.9. The van der Waals surface area contributed by atoms with E-state index in [9.17, 15) is 4.79 Å². The second-order valence-corrected chi connectivity index (χ2v) is 8.07. The number of hydrogen-bond acceptors (Lipinski definition) is 5. The van der Waals surface area contributed by atoms with E-state index in [-0.39, 0.29) is 11.9 Å². The van der Waals surface area contributed by atoms with Gasteiger partial charge in [0.25, 0.3) is 5.91 Å². The molecule has 1 atom stereocenters. The first-order valence-corrected chi connectivity index (χ1v) is 10.4. The summed E-state index contributed by atoms with van der Waals surface area (Å²) in [7, 11) is 0. The highest BCUT2D eigenvalue weighted by atomic mass is 32.1. The molecule has 1 N–H and O–H groups in total. The lowest BCUT2D eigenvalue weighted by molar-refractivity contribution is 0.0925. The number of fused-ring (bicyclic) bond motifs is 2. The first-order valence-electron chi connectivity index (χ1n) is 9.54. The molecule has 4 aromatic rings. The van der Waals surface area contributed by atoms with E-state index in [0.29, 0.717) is 12.2 Å². The van der Waals surface area contributed by atoms with E-state index in [1.165, 1.54) is 0 Å². The summed E-state index contributed by atoms with van der Waals surface area (Å²) in [5.74, 6) is 0.763. The second kappa shape index (κ2) is 7.29. The molecule has 0 saturated heterocycles. The van der Waals surface area contributed by atoms with Crippen molar-refractivity contribution in [3.63, 3.8) is 0 Å². The lowest BCUT2D eigenvalue weighted by Crippen LogP contribution is -2.32. The summed E-state index contributed by atoms with van der Waals surface area (Å²) >= 11 is 1.58. The predicted molar refractivity (Wildman–Crippen MR) is 114 cm³/mol. The van der Waals surface area contributed by atoms with Crippen molar-refractivity contribution >= 4 is 27.5 Å². The van der Waals surface area contributed by atoms with Gasteiger partial charge < -0.3 is 10.1 Å². The zero-order valence-corrected chi connectivity index (χ0v) is 16.7. The molecule has 29 heavy (non-hydrogen) atoms. The van der Waals surface area contributed by atoms with Gasteiger partial charge in [-0.15, -0.1) is 11.3 Å². The number of ether oxygens (including phenoxy) is 1. The fraction of sp³-hybridized carbons (Fsp3) is 0.174. The Morgan fingerprint density at radius 1 is 1.17 bits per heavy atom. The Balaban J connectivity index is 1.42. The number of nitrogens with one attached hydrogen (secondary N) is 1. The van der Waals surface area contributed by atoms with Crippen LogP contribution >= 0.6 is 11.3 Å².